The van der Waals surface area contributed by atoms with Crippen LogP contribution in [-0.2, 0) is 4.74 Å². The molecule has 1 rings (SSSR count). The highest BCUT2D eigenvalue weighted by atomic mass is 16.5. The minimum absolute atomic E-state index is 0.787. The molecule has 0 saturated carbocycles. The van der Waals surface area contributed by atoms with E-state index in [2.05, 4.69) is 13.8 Å². The highest BCUT2D eigenvalue weighted by Gasteiger charge is 2.28. The molecule has 0 aromatic carbocycles. The lowest BCUT2D eigenvalue weighted by molar-refractivity contribution is 0.00198. The molecule has 1 unspecified atom stereocenters. The molecule has 0 N–H and O–H groups in total. The molecule has 0 bridgehead atoms. The number of ether oxygens (including phenoxy) is 1. The molecule has 23 heavy (non-hydrogen) atoms. The van der Waals surface area contributed by atoms with E-state index >= 15 is 0 Å². The minimum Gasteiger partial charge on any atom is -0.371 e. The van der Waals surface area contributed by atoms with Crippen LogP contribution in [0.5, 0.6) is 0 Å². The van der Waals surface area contributed by atoms with Crippen molar-refractivity contribution < 1.29 is 4.74 Å². The van der Waals surface area contributed by atoms with Gasteiger partial charge in [0.1, 0.15) is 6.10 Å². The van der Waals surface area contributed by atoms with Gasteiger partial charge in [0.05, 0.1) is 6.61 Å². The molecular formula is C22H43O. The second-order valence-electron chi connectivity index (χ2n) is 7.58. The molecular weight excluding hydrogens is 280 g/mol. The fourth-order valence-electron chi connectivity index (χ4n) is 3.70. The van der Waals surface area contributed by atoms with Crippen molar-refractivity contribution in [3.05, 3.63) is 6.10 Å². The highest BCUT2D eigenvalue weighted by molar-refractivity contribution is 4.93. The second kappa shape index (κ2) is 15.5. The SMILES string of the molecule is CCCCCCCCCCC(CCCCCCCC)[C]1CCO1. The summed E-state index contributed by atoms with van der Waals surface area (Å²) < 4.78 is 5.73. The summed E-state index contributed by atoms with van der Waals surface area (Å²) >= 11 is 0. The summed E-state index contributed by atoms with van der Waals surface area (Å²) in [4.78, 5) is 0. The first-order valence-electron chi connectivity index (χ1n) is 10.9. The lowest BCUT2D eigenvalue weighted by Gasteiger charge is -2.33. The second-order valence-corrected chi connectivity index (χ2v) is 7.58. The Morgan fingerprint density at radius 2 is 1.04 bits per heavy atom. The largest absolute Gasteiger partial charge is 0.371 e. The third-order valence-corrected chi connectivity index (χ3v) is 5.40. The zero-order chi connectivity index (χ0) is 16.6. The summed E-state index contributed by atoms with van der Waals surface area (Å²) in [6, 6.07) is 0. The molecule has 0 aromatic rings. The first-order valence-corrected chi connectivity index (χ1v) is 10.9. The molecule has 137 valence electrons. The van der Waals surface area contributed by atoms with Crippen LogP contribution in [0.25, 0.3) is 0 Å². The molecule has 1 atom stereocenters. The fourth-order valence-corrected chi connectivity index (χ4v) is 3.70. The molecule has 1 nitrogen and oxygen atoms in total. The summed E-state index contributed by atoms with van der Waals surface area (Å²) in [7, 11) is 0. The maximum atomic E-state index is 5.73. The van der Waals surface area contributed by atoms with Gasteiger partial charge >= 0.3 is 0 Å². The zero-order valence-electron chi connectivity index (χ0n) is 16.2. The summed E-state index contributed by atoms with van der Waals surface area (Å²) in [5.41, 5.74) is 0. The summed E-state index contributed by atoms with van der Waals surface area (Å²) in [5.74, 6) is 0.787. The van der Waals surface area contributed by atoms with Gasteiger partial charge in [0, 0.05) is 6.42 Å². The van der Waals surface area contributed by atoms with Crippen molar-refractivity contribution in [3.8, 4) is 0 Å². The Morgan fingerprint density at radius 3 is 1.39 bits per heavy atom. The van der Waals surface area contributed by atoms with E-state index in [1.807, 2.05) is 0 Å². The van der Waals surface area contributed by atoms with Crippen LogP contribution in [0.4, 0.5) is 0 Å². The van der Waals surface area contributed by atoms with Crippen LogP contribution >= 0.6 is 0 Å². The van der Waals surface area contributed by atoms with Crippen molar-refractivity contribution >= 4 is 0 Å². The van der Waals surface area contributed by atoms with Gasteiger partial charge in [0.2, 0.25) is 0 Å². The Bertz CT molecular complexity index is 234. The van der Waals surface area contributed by atoms with E-state index in [1.54, 1.807) is 0 Å². The smallest absolute Gasteiger partial charge is 0.102 e. The van der Waals surface area contributed by atoms with Crippen molar-refractivity contribution in [1.82, 2.24) is 0 Å². The highest BCUT2D eigenvalue weighted by Crippen LogP contribution is 2.35. The van der Waals surface area contributed by atoms with Gasteiger partial charge in [0.15, 0.2) is 0 Å². The van der Waals surface area contributed by atoms with Crippen LogP contribution in [-0.4, -0.2) is 6.61 Å². The zero-order valence-corrected chi connectivity index (χ0v) is 16.2. The summed E-state index contributed by atoms with van der Waals surface area (Å²) in [6.45, 7) is 5.58. The van der Waals surface area contributed by atoms with Gasteiger partial charge in [-0.25, -0.2) is 0 Å². The van der Waals surface area contributed by atoms with Gasteiger partial charge in [-0.3, -0.25) is 0 Å². The summed E-state index contributed by atoms with van der Waals surface area (Å²) in [6.07, 6.45) is 25.4. The van der Waals surface area contributed by atoms with Gasteiger partial charge in [-0.1, -0.05) is 104 Å². The molecule has 1 radical (unpaired) electrons. The number of hydrogen-bond acceptors (Lipinski definition) is 1. The van der Waals surface area contributed by atoms with Crippen molar-refractivity contribution in [2.45, 2.75) is 123 Å². The third kappa shape index (κ3) is 11.2. The fraction of sp³-hybridized carbons (Fsp3) is 0.955. The summed E-state index contributed by atoms with van der Waals surface area (Å²) in [5, 5.41) is 0. The Labute approximate surface area is 147 Å². The van der Waals surface area contributed by atoms with Crippen LogP contribution in [0.3, 0.4) is 0 Å². The molecule has 0 aromatic heterocycles. The van der Waals surface area contributed by atoms with Crippen LogP contribution in [0.15, 0.2) is 0 Å². The first kappa shape index (κ1) is 21.0. The van der Waals surface area contributed by atoms with Crippen LogP contribution < -0.4 is 0 Å². The van der Waals surface area contributed by atoms with E-state index < -0.39 is 0 Å². The van der Waals surface area contributed by atoms with Crippen LogP contribution in [0.1, 0.15) is 123 Å². The predicted octanol–water partition coefficient (Wildman–Crippen LogP) is 7.84. The van der Waals surface area contributed by atoms with E-state index in [0.717, 1.165) is 12.5 Å². The van der Waals surface area contributed by atoms with Gasteiger partial charge in [0.25, 0.3) is 0 Å². The topological polar surface area (TPSA) is 9.23 Å². The molecule has 1 fully saturated rings. The molecule has 1 aliphatic rings. The van der Waals surface area contributed by atoms with E-state index in [-0.39, 0.29) is 0 Å². The molecule has 0 amide bonds. The van der Waals surface area contributed by atoms with Gasteiger partial charge in [-0.15, -0.1) is 0 Å². The number of rotatable bonds is 17. The normalized spacial score (nSPS) is 16.4. The Balaban J connectivity index is 1.98. The minimum atomic E-state index is 0.787. The molecule has 1 heteroatoms. The molecule has 1 heterocycles. The molecule has 0 aliphatic carbocycles. The van der Waals surface area contributed by atoms with Gasteiger partial charge < -0.3 is 4.74 Å². The lowest BCUT2D eigenvalue weighted by Crippen LogP contribution is -2.26. The average molecular weight is 324 g/mol. The van der Waals surface area contributed by atoms with Crippen molar-refractivity contribution in [3.63, 3.8) is 0 Å². The first-order chi connectivity index (χ1) is 11.4. The van der Waals surface area contributed by atoms with Crippen LogP contribution in [0, 0.1) is 12.0 Å². The van der Waals surface area contributed by atoms with E-state index in [1.165, 1.54) is 115 Å². The Kier molecular flexibility index (Phi) is 14.1. The lowest BCUT2D eigenvalue weighted by atomic mass is 9.86. The van der Waals surface area contributed by atoms with Crippen molar-refractivity contribution in [2.75, 3.05) is 6.61 Å². The number of unbranched alkanes of at least 4 members (excludes halogenated alkanes) is 12. The average Bonchev–Trinajstić information content (AvgIpc) is 2.51. The maximum absolute atomic E-state index is 5.73. The van der Waals surface area contributed by atoms with Gasteiger partial charge in [-0.2, -0.15) is 0 Å². The maximum Gasteiger partial charge on any atom is 0.102 e. The van der Waals surface area contributed by atoms with E-state index in [4.69, 9.17) is 4.74 Å². The van der Waals surface area contributed by atoms with Gasteiger partial charge in [-0.05, 0) is 18.8 Å². The molecule has 0 spiro atoms. The predicted molar refractivity (Wildman–Crippen MR) is 103 cm³/mol. The van der Waals surface area contributed by atoms with Crippen LogP contribution in [0.2, 0.25) is 0 Å². The Hall–Kier alpha value is -0.0400. The standard InChI is InChI=1S/C22H43O/c1-3-5-7-9-11-12-14-16-18-21(22-19-20-23-22)17-15-13-10-8-6-4-2/h21H,3-20H2,1-2H3. The van der Waals surface area contributed by atoms with E-state index in [9.17, 15) is 0 Å². The molecule has 1 aliphatic heterocycles. The number of hydrogen-bond donors (Lipinski definition) is 0. The van der Waals surface area contributed by atoms with Crippen molar-refractivity contribution in [2.24, 2.45) is 5.92 Å². The van der Waals surface area contributed by atoms with Crippen molar-refractivity contribution in [1.29, 1.82) is 0 Å². The third-order valence-electron chi connectivity index (χ3n) is 5.40. The monoisotopic (exact) mass is 323 g/mol. The van der Waals surface area contributed by atoms with E-state index in [0.29, 0.717) is 0 Å². The Morgan fingerprint density at radius 1 is 0.652 bits per heavy atom. The quantitative estimate of drug-likeness (QED) is 0.248. The molecule has 1 saturated heterocycles.